The number of hydrogen-bond acceptors (Lipinski definition) is 10. The summed E-state index contributed by atoms with van der Waals surface area (Å²) in [6, 6.07) is 20.9. The van der Waals surface area contributed by atoms with Crippen LogP contribution in [0.15, 0.2) is 60.7 Å². The molecule has 2 aromatic rings. The van der Waals surface area contributed by atoms with Crippen molar-refractivity contribution in [3.63, 3.8) is 0 Å². The third-order valence-corrected chi connectivity index (χ3v) is 10.0. The molecule has 4 aliphatic rings. The second-order valence-corrected chi connectivity index (χ2v) is 13.8. The van der Waals surface area contributed by atoms with Crippen molar-refractivity contribution in [2.24, 2.45) is 0 Å². The van der Waals surface area contributed by atoms with E-state index < -0.39 is 22.2 Å². The van der Waals surface area contributed by atoms with E-state index in [1.165, 1.54) is 25.7 Å². The summed E-state index contributed by atoms with van der Waals surface area (Å²) < 4.78 is 43.0. The highest BCUT2D eigenvalue weighted by molar-refractivity contribution is 7.79. The van der Waals surface area contributed by atoms with Gasteiger partial charge in [0.05, 0.1) is 13.2 Å². The quantitative estimate of drug-likeness (QED) is 0.225. The third-order valence-electron chi connectivity index (χ3n) is 10.0. The predicted molar refractivity (Wildman–Crippen MR) is 181 cm³/mol. The van der Waals surface area contributed by atoms with Gasteiger partial charge < -0.3 is 40.4 Å². The number of benzene rings is 2. The maximum Gasteiger partial charge on any atom is 0.394 e. The molecule has 4 fully saturated rings. The van der Waals surface area contributed by atoms with E-state index in [0.717, 1.165) is 36.8 Å². The van der Waals surface area contributed by atoms with E-state index in [4.69, 9.17) is 27.0 Å². The average molecular weight is 713 g/mol. The lowest BCUT2D eigenvalue weighted by Crippen LogP contribution is -2.43. The fraction of sp³-hybridized carbons (Fsp3) is 0.588. The van der Waals surface area contributed by atoms with Crippen LogP contribution in [0.1, 0.15) is 74.3 Å². The molecule has 4 heterocycles. The number of esters is 2. The fourth-order valence-electron chi connectivity index (χ4n) is 7.41. The Labute approximate surface area is 288 Å². The second-order valence-electron chi connectivity index (χ2n) is 12.9. The number of rotatable bonds is 8. The summed E-state index contributed by atoms with van der Waals surface area (Å²) in [5.41, 5.74) is 1.64. The van der Waals surface area contributed by atoms with Gasteiger partial charge in [0, 0.05) is 24.2 Å². The van der Waals surface area contributed by atoms with Crippen molar-refractivity contribution in [1.82, 2.24) is 9.80 Å². The van der Waals surface area contributed by atoms with Gasteiger partial charge in [0.1, 0.15) is 24.0 Å². The lowest BCUT2D eigenvalue weighted by atomic mass is 9.98. The Morgan fingerprint density at radius 1 is 0.653 bits per heavy atom. The lowest BCUT2D eigenvalue weighted by Gasteiger charge is -2.36. The van der Waals surface area contributed by atoms with Crippen molar-refractivity contribution in [3.05, 3.63) is 71.8 Å². The summed E-state index contributed by atoms with van der Waals surface area (Å²) in [6.07, 6.45) is 8.52. The molecule has 2 aromatic carbocycles. The van der Waals surface area contributed by atoms with Gasteiger partial charge in [-0.15, -0.1) is 0 Å². The van der Waals surface area contributed by atoms with Gasteiger partial charge in [-0.3, -0.25) is 18.7 Å². The van der Waals surface area contributed by atoms with Crippen LogP contribution in [0.3, 0.4) is 0 Å². The zero-order valence-corrected chi connectivity index (χ0v) is 28.8. The van der Waals surface area contributed by atoms with Crippen LogP contribution in [-0.4, -0.2) is 124 Å². The molecule has 4 saturated heterocycles. The van der Waals surface area contributed by atoms with Crippen LogP contribution >= 0.6 is 0 Å². The molecule has 0 saturated carbocycles. The first-order valence-electron chi connectivity index (χ1n) is 16.2. The Bertz CT molecular complexity index is 1270. The van der Waals surface area contributed by atoms with E-state index >= 15 is 0 Å². The Morgan fingerprint density at radius 3 is 1.16 bits per heavy atom. The molecule has 8 N–H and O–H groups in total. The maximum atomic E-state index is 12.4. The van der Waals surface area contributed by atoms with Gasteiger partial charge in [0.15, 0.2) is 0 Å². The van der Waals surface area contributed by atoms with Crippen molar-refractivity contribution < 1.29 is 57.8 Å². The topological polar surface area (TPSA) is 237 Å². The summed E-state index contributed by atoms with van der Waals surface area (Å²) in [4.78, 5) is 29.6. The van der Waals surface area contributed by atoms with Crippen LogP contribution in [0.5, 0.6) is 0 Å². The molecule has 14 nitrogen and oxygen atoms in total. The molecule has 49 heavy (non-hydrogen) atoms. The van der Waals surface area contributed by atoms with Gasteiger partial charge in [-0.1, -0.05) is 60.7 Å². The Kier molecular flexibility index (Phi) is 16.7. The molecule has 15 heteroatoms. The molecule has 4 aliphatic heterocycles. The minimum Gasteiger partial charge on any atom is -0.462 e. The van der Waals surface area contributed by atoms with Crippen LogP contribution in [0.4, 0.5) is 0 Å². The molecule has 0 radical (unpaired) electrons. The normalized spacial score (nSPS) is 27.0. The van der Waals surface area contributed by atoms with Crippen LogP contribution in [-0.2, 0) is 29.5 Å². The molecule has 0 aliphatic carbocycles. The summed E-state index contributed by atoms with van der Waals surface area (Å²) in [6.45, 7) is -0.412. The van der Waals surface area contributed by atoms with E-state index in [2.05, 4.69) is 23.9 Å². The number of aliphatic hydroxyl groups excluding tert-OH is 2. The van der Waals surface area contributed by atoms with Crippen LogP contribution in [0, 0.1) is 0 Å². The highest BCUT2D eigenvalue weighted by atomic mass is 32.3. The number of fused-ring (bicyclic) bond motifs is 4. The minimum atomic E-state index is -4.67. The molecule has 4 bridgehead atoms. The monoisotopic (exact) mass is 712 g/mol. The van der Waals surface area contributed by atoms with Crippen LogP contribution in [0.25, 0.3) is 0 Å². The van der Waals surface area contributed by atoms with E-state index in [9.17, 15) is 19.8 Å². The van der Waals surface area contributed by atoms with Crippen molar-refractivity contribution >= 4 is 22.3 Å². The zero-order valence-electron chi connectivity index (χ0n) is 28.0. The van der Waals surface area contributed by atoms with Crippen molar-refractivity contribution in [1.29, 1.82) is 0 Å². The number of hydrogen-bond donors (Lipinski definition) is 4. The van der Waals surface area contributed by atoms with Crippen LogP contribution in [0.2, 0.25) is 0 Å². The van der Waals surface area contributed by atoms with E-state index in [1.54, 1.807) is 0 Å². The molecule has 6 rings (SSSR count). The zero-order chi connectivity index (χ0) is 34.1. The fourth-order valence-corrected chi connectivity index (χ4v) is 7.41. The molecule has 6 atom stereocenters. The summed E-state index contributed by atoms with van der Waals surface area (Å²) >= 11 is 0. The first-order valence-corrected chi connectivity index (χ1v) is 17.6. The van der Waals surface area contributed by atoms with Crippen molar-refractivity contribution in [2.75, 3.05) is 27.3 Å². The number of ether oxygens (including phenoxy) is 2. The van der Waals surface area contributed by atoms with Gasteiger partial charge in [0.25, 0.3) is 0 Å². The Hall–Kier alpha value is -2.99. The molecule has 0 aromatic heterocycles. The maximum absolute atomic E-state index is 12.4. The first kappa shape index (κ1) is 42.2. The lowest BCUT2D eigenvalue weighted by molar-refractivity contribution is -0.156. The Balaban J connectivity index is 0.000000289. The molecular weight excluding hydrogens is 660 g/mol. The van der Waals surface area contributed by atoms with Crippen LogP contribution < -0.4 is 0 Å². The molecular formula is C34H52N2O12S. The summed E-state index contributed by atoms with van der Waals surface area (Å²) in [7, 11) is -0.332. The van der Waals surface area contributed by atoms with Crippen molar-refractivity contribution in [3.8, 4) is 0 Å². The summed E-state index contributed by atoms with van der Waals surface area (Å²) in [5, 5.41) is 19.1. The van der Waals surface area contributed by atoms with E-state index in [0.29, 0.717) is 24.2 Å². The molecule has 0 spiro atoms. The van der Waals surface area contributed by atoms with E-state index in [1.807, 2.05) is 60.7 Å². The van der Waals surface area contributed by atoms with Gasteiger partial charge in [-0.05, 0) is 76.6 Å². The van der Waals surface area contributed by atoms with E-state index in [-0.39, 0.29) is 48.3 Å². The smallest absolute Gasteiger partial charge is 0.394 e. The standard InChI is InChI=1S/2C17H23NO3.H2O4S.2H2O/c2*1-18-13-7-8-14(18)10-15(9-13)21-17(20)16(11-19)12-5-3-2-4-6-12;1-5(2,3)4;;/h2*2-6,13-16,19H,7-11H2,1H3;(H2,1,2,3,4);2*1H2/t2*13?,14?,15?,16-;;;/m00.../s1. The van der Waals surface area contributed by atoms with Gasteiger partial charge in [-0.25, -0.2) is 0 Å². The number of piperidine rings is 2. The predicted octanol–water partition coefficient (Wildman–Crippen LogP) is 1.56. The van der Waals surface area contributed by atoms with Gasteiger partial charge in [0.2, 0.25) is 0 Å². The number of carbonyl (C=O) groups excluding carboxylic acids is 2. The first-order chi connectivity index (χ1) is 22.4. The number of nitrogens with zero attached hydrogens (tertiary/aromatic N) is 2. The third kappa shape index (κ3) is 12.1. The van der Waals surface area contributed by atoms with Gasteiger partial charge in [-0.2, -0.15) is 8.42 Å². The van der Waals surface area contributed by atoms with Crippen molar-refractivity contribution in [2.45, 2.75) is 99.6 Å². The second kappa shape index (κ2) is 19.4. The minimum absolute atomic E-state index is 0. The highest BCUT2D eigenvalue weighted by Gasteiger charge is 2.41. The molecule has 0 amide bonds. The summed E-state index contributed by atoms with van der Waals surface area (Å²) in [5.74, 6) is -1.72. The number of carbonyl (C=O) groups is 2. The van der Waals surface area contributed by atoms with Gasteiger partial charge >= 0.3 is 22.3 Å². The Morgan fingerprint density at radius 2 is 0.918 bits per heavy atom. The highest BCUT2D eigenvalue weighted by Crippen LogP contribution is 2.37. The number of aliphatic hydroxyl groups is 2. The molecule has 4 unspecified atom stereocenters. The molecule has 276 valence electrons. The largest absolute Gasteiger partial charge is 0.462 e. The average Bonchev–Trinajstić information content (AvgIpc) is 3.34. The SMILES string of the molecule is CN1C2CCC1CC(OC(=O)[C@@H](CO)c1ccccc1)C2.CN1C2CCC1CC(OC(=O)[C@@H](CO)c1ccccc1)C2.O.O.O=S(=O)(O)O.